The molecular weight excluding hydrogens is 476 g/mol. The van der Waals surface area contributed by atoms with E-state index < -0.39 is 4.92 Å². The van der Waals surface area contributed by atoms with Crippen molar-refractivity contribution in [3.05, 3.63) is 94.2 Å². The van der Waals surface area contributed by atoms with E-state index in [0.29, 0.717) is 34.1 Å². The number of carbonyl (C=O) groups excluding carboxylic acids is 2. The first-order valence-corrected chi connectivity index (χ1v) is 11.4. The summed E-state index contributed by atoms with van der Waals surface area (Å²) in [5.74, 6) is 1.85. The highest BCUT2D eigenvalue weighted by molar-refractivity contribution is 6.00. The molecule has 37 heavy (non-hydrogen) atoms. The molecule has 0 aliphatic carbocycles. The lowest BCUT2D eigenvalue weighted by molar-refractivity contribution is -0.384. The molecule has 1 heterocycles. The maximum absolute atomic E-state index is 12.4. The number of nitrogens with zero attached hydrogens (tertiary/aromatic N) is 2. The Bertz CT molecular complexity index is 1450. The average Bonchev–Trinajstić information content (AvgIpc) is 2.89. The van der Waals surface area contributed by atoms with Crippen molar-refractivity contribution in [1.82, 2.24) is 4.98 Å². The van der Waals surface area contributed by atoms with Crippen LogP contribution in [-0.2, 0) is 22.4 Å². The van der Waals surface area contributed by atoms with Crippen molar-refractivity contribution in [2.24, 2.45) is 0 Å². The smallest absolute Gasteiger partial charge is 0.269 e. The second kappa shape index (κ2) is 11.3. The predicted octanol–water partition coefficient (Wildman–Crippen LogP) is 5.27. The van der Waals surface area contributed by atoms with E-state index in [-0.39, 0.29) is 36.5 Å². The Morgan fingerprint density at radius 3 is 1.95 bits per heavy atom. The quantitative estimate of drug-likeness (QED) is 0.155. The summed E-state index contributed by atoms with van der Waals surface area (Å²) in [6.07, 6.45) is 1.60. The maximum atomic E-state index is 12.4. The van der Waals surface area contributed by atoms with E-state index in [2.05, 4.69) is 4.98 Å². The molecule has 188 valence electrons. The molecule has 0 saturated carbocycles. The van der Waals surface area contributed by atoms with Crippen molar-refractivity contribution in [1.29, 1.82) is 0 Å². The number of ether oxygens (including phenoxy) is 3. The van der Waals surface area contributed by atoms with Crippen LogP contribution in [0, 0.1) is 10.1 Å². The summed E-state index contributed by atoms with van der Waals surface area (Å²) in [4.78, 5) is 39.3. The number of hydrogen-bond donors (Lipinski definition) is 0. The zero-order chi connectivity index (χ0) is 26.4. The first kappa shape index (κ1) is 25.3. The number of methoxy groups -OCH3 is 2. The van der Waals surface area contributed by atoms with Crippen molar-refractivity contribution < 1.29 is 28.7 Å². The van der Waals surface area contributed by atoms with Crippen LogP contribution >= 0.6 is 0 Å². The molecule has 9 nitrogen and oxygen atoms in total. The summed E-state index contributed by atoms with van der Waals surface area (Å²) in [5.41, 5.74) is 2.03. The lowest BCUT2D eigenvalue weighted by atomic mass is 10.0. The summed E-state index contributed by atoms with van der Waals surface area (Å²) >= 11 is 0. The lowest BCUT2D eigenvalue weighted by Gasteiger charge is -2.12. The number of ketones is 2. The van der Waals surface area contributed by atoms with Gasteiger partial charge in [-0.2, -0.15) is 0 Å². The Balaban J connectivity index is 1.37. The number of benzene rings is 3. The molecule has 1 aromatic heterocycles. The topological polar surface area (TPSA) is 118 Å². The van der Waals surface area contributed by atoms with Gasteiger partial charge >= 0.3 is 0 Å². The molecule has 0 radical (unpaired) electrons. The number of nitro benzene ring substituents is 1. The molecule has 0 unspecified atom stereocenters. The van der Waals surface area contributed by atoms with E-state index in [4.69, 9.17) is 14.2 Å². The molecule has 4 aromatic rings. The Morgan fingerprint density at radius 1 is 0.811 bits per heavy atom. The second-order valence-corrected chi connectivity index (χ2v) is 8.31. The molecule has 0 aliphatic rings. The van der Waals surface area contributed by atoms with Crippen LogP contribution in [0.4, 0.5) is 5.69 Å². The molecule has 0 spiro atoms. The van der Waals surface area contributed by atoms with Gasteiger partial charge in [0.2, 0.25) is 0 Å². The minimum Gasteiger partial charge on any atom is -0.493 e. The van der Waals surface area contributed by atoms with E-state index in [1.165, 1.54) is 24.3 Å². The van der Waals surface area contributed by atoms with Gasteiger partial charge in [-0.15, -0.1) is 0 Å². The van der Waals surface area contributed by atoms with E-state index in [0.717, 1.165) is 10.9 Å². The number of non-ortho nitro benzene ring substituents is 1. The Hall–Kier alpha value is -4.79. The van der Waals surface area contributed by atoms with Gasteiger partial charge < -0.3 is 14.2 Å². The van der Waals surface area contributed by atoms with Gasteiger partial charge in [0.1, 0.15) is 23.1 Å². The molecular formula is C28H24N2O7. The molecule has 0 N–H and O–H groups in total. The van der Waals surface area contributed by atoms with Crippen molar-refractivity contribution in [3.63, 3.8) is 0 Å². The van der Waals surface area contributed by atoms with E-state index in [9.17, 15) is 19.7 Å². The fourth-order valence-corrected chi connectivity index (χ4v) is 3.87. The largest absolute Gasteiger partial charge is 0.493 e. The highest BCUT2D eigenvalue weighted by atomic mass is 16.6. The minimum atomic E-state index is -0.501. The number of aromatic nitrogens is 1. The minimum absolute atomic E-state index is 0.0447. The highest BCUT2D eigenvalue weighted by Gasteiger charge is 2.14. The first-order valence-electron chi connectivity index (χ1n) is 11.4. The van der Waals surface area contributed by atoms with Crippen molar-refractivity contribution in [2.45, 2.75) is 19.3 Å². The van der Waals surface area contributed by atoms with Crippen LogP contribution < -0.4 is 14.2 Å². The van der Waals surface area contributed by atoms with Crippen LogP contribution in [0.5, 0.6) is 23.0 Å². The fraction of sp³-hybridized carbons (Fsp3) is 0.179. The number of rotatable bonds is 11. The number of hydrogen-bond acceptors (Lipinski definition) is 8. The number of carbonyl (C=O) groups is 2. The third kappa shape index (κ3) is 6.26. The first-order chi connectivity index (χ1) is 17.9. The van der Waals surface area contributed by atoms with Crippen molar-refractivity contribution in [2.75, 3.05) is 14.2 Å². The van der Waals surface area contributed by atoms with Gasteiger partial charge in [0.25, 0.3) is 5.69 Å². The zero-order valence-corrected chi connectivity index (χ0v) is 20.3. The summed E-state index contributed by atoms with van der Waals surface area (Å²) in [5, 5.41) is 11.5. The molecule has 0 saturated heterocycles. The van der Waals surface area contributed by atoms with Crippen molar-refractivity contribution >= 4 is 28.2 Å². The molecule has 0 bridgehead atoms. The average molecular weight is 501 g/mol. The van der Waals surface area contributed by atoms with E-state index >= 15 is 0 Å². The predicted molar refractivity (Wildman–Crippen MR) is 136 cm³/mol. The lowest BCUT2D eigenvalue weighted by Crippen LogP contribution is -2.12. The van der Waals surface area contributed by atoms with Gasteiger partial charge in [-0.1, -0.05) is 24.3 Å². The summed E-state index contributed by atoms with van der Waals surface area (Å²) in [7, 11) is 3.12. The molecule has 0 aliphatic heterocycles. The standard InChI is InChI=1S/C28H24N2O7/c1-35-27-16-24-25(17-28(27)36-2)29-12-11-26(24)37-23-9-5-19(6-10-23)14-22(32)15-21(31)13-18-3-7-20(8-4-18)30(33)34/h3-12,16-17H,13-15H2,1-2H3. The van der Waals surface area contributed by atoms with E-state index in [1.54, 1.807) is 62.9 Å². The Morgan fingerprint density at radius 2 is 1.38 bits per heavy atom. The maximum Gasteiger partial charge on any atom is 0.269 e. The van der Waals surface area contributed by atoms with Crippen LogP contribution in [0.3, 0.4) is 0 Å². The van der Waals surface area contributed by atoms with Crippen molar-refractivity contribution in [3.8, 4) is 23.0 Å². The summed E-state index contributed by atoms with van der Waals surface area (Å²) < 4.78 is 16.8. The molecule has 3 aromatic carbocycles. The summed E-state index contributed by atoms with van der Waals surface area (Å²) in [6, 6.07) is 18.1. The van der Waals surface area contributed by atoms with E-state index in [1.807, 2.05) is 0 Å². The highest BCUT2D eigenvalue weighted by Crippen LogP contribution is 2.36. The third-order valence-corrected chi connectivity index (χ3v) is 5.70. The van der Waals surface area contributed by atoms with Gasteiger partial charge in [0, 0.05) is 42.6 Å². The van der Waals surface area contributed by atoms with Crippen LogP contribution in [0.2, 0.25) is 0 Å². The molecule has 9 heteroatoms. The second-order valence-electron chi connectivity index (χ2n) is 8.31. The van der Waals surface area contributed by atoms with Crippen LogP contribution in [0.1, 0.15) is 17.5 Å². The fourth-order valence-electron chi connectivity index (χ4n) is 3.87. The van der Waals surface area contributed by atoms with Crippen LogP contribution in [0.25, 0.3) is 10.9 Å². The molecule has 0 amide bonds. The Kier molecular flexibility index (Phi) is 7.73. The van der Waals surface area contributed by atoms with Gasteiger partial charge in [-0.25, -0.2) is 0 Å². The van der Waals surface area contributed by atoms with Crippen LogP contribution in [-0.4, -0.2) is 35.7 Å². The van der Waals surface area contributed by atoms with Gasteiger partial charge in [-0.3, -0.25) is 24.7 Å². The molecule has 0 atom stereocenters. The molecule has 4 rings (SSSR count). The monoisotopic (exact) mass is 500 g/mol. The van der Waals surface area contributed by atoms with Gasteiger partial charge in [0.05, 0.1) is 31.1 Å². The molecule has 0 fully saturated rings. The number of Topliss-reactive ketones (excluding diaryl/α,β-unsaturated/α-hetero) is 2. The number of nitro groups is 1. The Labute approximate surface area is 212 Å². The number of fused-ring (bicyclic) bond motifs is 1. The normalized spacial score (nSPS) is 10.6. The third-order valence-electron chi connectivity index (χ3n) is 5.70. The van der Waals surface area contributed by atoms with Crippen LogP contribution in [0.15, 0.2) is 72.9 Å². The number of pyridine rings is 1. The van der Waals surface area contributed by atoms with Gasteiger partial charge in [0.15, 0.2) is 11.5 Å². The zero-order valence-electron chi connectivity index (χ0n) is 20.3. The SMILES string of the molecule is COc1cc2nccc(Oc3ccc(CC(=O)CC(=O)Cc4ccc([N+](=O)[O-])cc4)cc3)c2cc1OC. The van der Waals surface area contributed by atoms with Gasteiger partial charge in [-0.05, 0) is 35.4 Å². The summed E-state index contributed by atoms with van der Waals surface area (Å²) in [6.45, 7) is 0.